The Bertz CT molecular complexity index is 646. The van der Waals surface area contributed by atoms with Crippen molar-refractivity contribution in [3.05, 3.63) is 47.2 Å². The highest BCUT2D eigenvalue weighted by molar-refractivity contribution is 5.94. The Labute approximate surface area is 143 Å². The molecule has 0 amide bonds. The number of aliphatic imine (C=N–C) groups is 1. The quantitative estimate of drug-likeness (QED) is 0.834. The minimum atomic E-state index is -0.296. The third kappa shape index (κ3) is 3.78. The van der Waals surface area contributed by atoms with Crippen LogP contribution in [-0.4, -0.2) is 18.0 Å². The van der Waals surface area contributed by atoms with Gasteiger partial charge in [-0.2, -0.15) is 0 Å². The summed E-state index contributed by atoms with van der Waals surface area (Å²) in [5, 5.41) is 2.98. The monoisotopic (exact) mass is 327 g/mol. The van der Waals surface area contributed by atoms with Gasteiger partial charge in [-0.25, -0.2) is 9.79 Å². The minimum Gasteiger partial charge on any atom is -0.457 e. The molecule has 1 heterocycles. The van der Waals surface area contributed by atoms with Gasteiger partial charge in [0.2, 0.25) is 0 Å². The highest BCUT2D eigenvalue weighted by atomic mass is 16.5. The predicted octanol–water partition coefficient (Wildman–Crippen LogP) is 2.87. The molecule has 3 N–H and O–H groups in total. The van der Waals surface area contributed by atoms with Crippen LogP contribution in [0.4, 0.5) is 0 Å². The summed E-state index contributed by atoms with van der Waals surface area (Å²) < 4.78 is 5.55. The normalized spacial score (nSPS) is 21.9. The summed E-state index contributed by atoms with van der Waals surface area (Å²) in [6.07, 6.45) is 5.82. The Morgan fingerprint density at radius 3 is 2.67 bits per heavy atom. The average Bonchev–Trinajstić information content (AvgIpc) is 2.60. The van der Waals surface area contributed by atoms with Crippen molar-refractivity contribution in [2.24, 2.45) is 16.6 Å². The second kappa shape index (κ2) is 7.51. The molecule has 1 atom stereocenters. The number of esters is 1. The summed E-state index contributed by atoms with van der Waals surface area (Å²) >= 11 is 0. The smallest absolute Gasteiger partial charge is 0.338 e. The molecule has 0 radical (unpaired) electrons. The number of nitrogens with zero attached hydrogens (tertiary/aromatic N) is 1. The zero-order chi connectivity index (χ0) is 16.9. The van der Waals surface area contributed by atoms with Gasteiger partial charge in [-0.15, -0.1) is 0 Å². The molecule has 5 heteroatoms. The maximum atomic E-state index is 12.7. The topological polar surface area (TPSA) is 76.7 Å². The van der Waals surface area contributed by atoms with Gasteiger partial charge >= 0.3 is 5.97 Å². The number of hydrogen-bond donors (Lipinski definition) is 2. The van der Waals surface area contributed by atoms with E-state index in [9.17, 15) is 4.79 Å². The van der Waals surface area contributed by atoms with Gasteiger partial charge in [0.05, 0.1) is 11.6 Å². The SMILES string of the molecule is CC1=C(C(=O)OCc2ccccc2)C(C2CCCCC2)N=C(N)N1. The molecule has 0 saturated heterocycles. The summed E-state index contributed by atoms with van der Waals surface area (Å²) in [5.41, 5.74) is 8.27. The second-order valence-electron chi connectivity index (χ2n) is 6.58. The molecule has 1 saturated carbocycles. The minimum absolute atomic E-state index is 0.185. The van der Waals surface area contributed by atoms with Crippen molar-refractivity contribution in [1.29, 1.82) is 0 Å². The first-order valence-corrected chi connectivity index (χ1v) is 8.67. The summed E-state index contributed by atoms with van der Waals surface area (Å²) in [4.78, 5) is 17.2. The summed E-state index contributed by atoms with van der Waals surface area (Å²) in [6.45, 7) is 2.14. The number of nitrogens with two attached hydrogens (primary N) is 1. The van der Waals surface area contributed by atoms with Crippen LogP contribution in [0.2, 0.25) is 0 Å². The van der Waals surface area contributed by atoms with Crippen molar-refractivity contribution < 1.29 is 9.53 Å². The number of allylic oxidation sites excluding steroid dienone is 1. The molecule has 5 nitrogen and oxygen atoms in total. The van der Waals surface area contributed by atoms with Crippen LogP contribution in [0, 0.1) is 5.92 Å². The van der Waals surface area contributed by atoms with Crippen LogP contribution in [0.5, 0.6) is 0 Å². The Kier molecular flexibility index (Phi) is 5.18. The fraction of sp³-hybridized carbons (Fsp3) is 0.474. The van der Waals surface area contributed by atoms with Crippen LogP contribution < -0.4 is 11.1 Å². The van der Waals surface area contributed by atoms with E-state index in [1.807, 2.05) is 37.3 Å². The Hall–Kier alpha value is -2.30. The molecular weight excluding hydrogens is 302 g/mol. The largest absolute Gasteiger partial charge is 0.457 e. The first-order valence-electron chi connectivity index (χ1n) is 8.67. The highest BCUT2D eigenvalue weighted by Gasteiger charge is 2.34. The standard InChI is InChI=1S/C19H25N3O2/c1-13-16(18(23)24-12-14-8-4-2-5-9-14)17(22-19(20)21-13)15-10-6-3-7-11-15/h2,4-5,8-9,15,17H,3,6-7,10-12H2,1H3,(H3,20,21,22). The lowest BCUT2D eigenvalue weighted by atomic mass is 9.80. The Morgan fingerprint density at radius 1 is 1.25 bits per heavy atom. The third-order valence-electron chi connectivity index (χ3n) is 4.82. The molecular formula is C19H25N3O2. The van der Waals surface area contributed by atoms with Crippen molar-refractivity contribution in [3.8, 4) is 0 Å². The number of nitrogens with one attached hydrogen (secondary N) is 1. The van der Waals surface area contributed by atoms with E-state index in [0.717, 1.165) is 24.1 Å². The highest BCUT2D eigenvalue weighted by Crippen LogP contribution is 2.33. The van der Waals surface area contributed by atoms with Crippen LogP contribution in [0.15, 0.2) is 46.6 Å². The van der Waals surface area contributed by atoms with Crippen molar-refractivity contribution in [2.75, 3.05) is 0 Å². The van der Waals surface area contributed by atoms with Crippen molar-refractivity contribution in [3.63, 3.8) is 0 Å². The van der Waals surface area contributed by atoms with Gasteiger partial charge in [0, 0.05) is 5.70 Å². The van der Waals surface area contributed by atoms with E-state index in [-0.39, 0.29) is 18.6 Å². The van der Waals surface area contributed by atoms with Crippen LogP contribution in [-0.2, 0) is 16.1 Å². The maximum absolute atomic E-state index is 12.7. The molecule has 24 heavy (non-hydrogen) atoms. The first-order chi connectivity index (χ1) is 11.6. The lowest BCUT2D eigenvalue weighted by molar-refractivity contribution is -0.140. The molecule has 1 aromatic rings. The first kappa shape index (κ1) is 16.6. The van der Waals surface area contributed by atoms with E-state index in [1.54, 1.807) is 0 Å². The lowest BCUT2D eigenvalue weighted by Gasteiger charge is -2.32. The van der Waals surface area contributed by atoms with Crippen LogP contribution in [0.1, 0.15) is 44.6 Å². The molecule has 1 aromatic carbocycles. The van der Waals surface area contributed by atoms with Crippen molar-refractivity contribution in [1.82, 2.24) is 5.32 Å². The summed E-state index contributed by atoms with van der Waals surface area (Å²) in [5.74, 6) is 0.465. The molecule has 0 spiro atoms. The van der Waals surface area contributed by atoms with Crippen LogP contribution in [0.3, 0.4) is 0 Å². The number of guanidine groups is 1. The average molecular weight is 327 g/mol. The van der Waals surface area contributed by atoms with Crippen molar-refractivity contribution >= 4 is 11.9 Å². The predicted molar refractivity (Wildman–Crippen MR) is 94.1 cm³/mol. The van der Waals surface area contributed by atoms with E-state index in [1.165, 1.54) is 19.3 Å². The maximum Gasteiger partial charge on any atom is 0.338 e. The molecule has 2 aliphatic rings. The second-order valence-corrected chi connectivity index (χ2v) is 6.58. The van der Waals surface area contributed by atoms with E-state index in [2.05, 4.69) is 10.3 Å². The molecule has 1 fully saturated rings. The van der Waals surface area contributed by atoms with Gasteiger partial charge in [-0.1, -0.05) is 49.6 Å². The van der Waals surface area contributed by atoms with E-state index in [0.29, 0.717) is 17.5 Å². The fourth-order valence-electron chi connectivity index (χ4n) is 3.59. The molecule has 3 rings (SSSR count). The molecule has 0 aromatic heterocycles. The molecule has 1 unspecified atom stereocenters. The van der Waals surface area contributed by atoms with Crippen LogP contribution in [0.25, 0.3) is 0 Å². The van der Waals surface area contributed by atoms with Gasteiger partial charge in [0.15, 0.2) is 5.96 Å². The van der Waals surface area contributed by atoms with Gasteiger partial charge < -0.3 is 15.8 Å². The fourth-order valence-corrected chi connectivity index (χ4v) is 3.59. The number of carbonyl (C=O) groups is 1. The number of carbonyl (C=O) groups excluding carboxylic acids is 1. The Balaban J connectivity index is 1.74. The van der Waals surface area contributed by atoms with E-state index < -0.39 is 0 Å². The van der Waals surface area contributed by atoms with Crippen molar-refractivity contribution in [2.45, 2.75) is 51.7 Å². The van der Waals surface area contributed by atoms with Gasteiger partial charge in [0.1, 0.15) is 6.61 Å². The van der Waals surface area contributed by atoms with E-state index in [4.69, 9.17) is 10.5 Å². The number of benzene rings is 1. The third-order valence-corrected chi connectivity index (χ3v) is 4.82. The van der Waals surface area contributed by atoms with Crippen LogP contribution >= 0.6 is 0 Å². The molecule has 1 aliphatic carbocycles. The molecule has 1 aliphatic heterocycles. The number of hydrogen-bond acceptors (Lipinski definition) is 5. The summed E-state index contributed by atoms with van der Waals surface area (Å²) in [7, 11) is 0. The van der Waals surface area contributed by atoms with Gasteiger partial charge in [-0.3, -0.25) is 0 Å². The number of ether oxygens (including phenoxy) is 1. The zero-order valence-corrected chi connectivity index (χ0v) is 14.1. The molecule has 128 valence electrons. The van der Waals surface area contributed by atoms with E-state index >= 15 is 0 Å². The number of rotatable bonds is 4. The molecule has 0 bridgehead atoms. The van der Waals surface area contributed by atoms with Gasteiger partial charge in [0.25, 0.3) is 0 Å². The lowest BCUT2D eigenvalue weighted by Crippen LogP contribution is -2.42. The summed E-state index contributed by atoms with van der Waals surface area (Å²) in [6, 6.07) is 9.52. The zero-order valence-electron chi connectivity index (χ0n) is 14.1. The Morgan fingerprint density at radius 2 is 1.96 bits per heavy atom. The van der Waals surface area contributed by atoms with Gasteiger partial charge in [-0.05, 0) is 31.2 Å².